The molecule has 0 saturated heterocycles. The van der Waals surface area contributed by atoms with Crippen LogP contribution in [0.3, 0.4) is 0 Å². The molecule has 0 fully saturated rings. The zero-order valence-electron chi connectivity index (χ0n) is 13.9. The fourth-order valence-electron chi connectivity index (χ4n) is 2.70. The van der Waals surface area contributed by atoms with Crippen LogP contribution in [0.5, 0.6) is 0 Å². The number of nitrogens with zero attached hydrogens (tertiary/aromatic N) is 4. The number of carbonyl (C=O) groups excluding carboxylic acids is 1. The Labute approximate surface area is 141 Å². The van der Waals surface area contributed by atoms with Crippen molar-refractivity contribution in [1.29, 1.82) is 0 Å². The first-order valence-electron chi connectivity index (χ1n) is 8.05. The van der Waals surface area contributed by atoms with Crippen LogP contribution in [0.2, 0.25) is 0 Å². The summed E-state index contributed by atoms with van der Waals surface area (Å²) in [6.45, 7) is 3.23. The molecule has 2 heterocycles. The van der Waals surface area contributed by atoms with Crippen LogP contribution < -0.4 is 0 Å². The van der Waals surface area contributed by atoms with Gasteiger partial charge in [0.25, 0.3) is 5.91 Å². The molecule has 1 amide bonds. The van der Waals surface area contributed by atoms with Crippen molar-refractivity contribution in [3.8, 4) is 11.4 Å². The largest absolute Gasteiger partial charge is 0.345 e. The molecule has 0 aliphatic rings. The van der Waals surface area contributed by atoms with Gasteiger partial charge in [0.15, 0.2) is 0 Å². The minimum absolute atomic E-state index is 0.00755. The number of rotatable bonds is 6. The first-order valence-corrected chi connectivity index (χ1v) is 8.05. The summed E-state index contributed by atoms with van der Waals surface area (Å²) in [4.78, 5) is 26.7. The highest BCUT2D eigenvalue weighted by Gasteiger charge is 2.21. The molecule has 0 spiro atoms. The molecule has 1 N–H and O–H groups in total. The van der Waals surface area contributed by atoms with Gasteiger partial charge in [-0.25, -0.2) is 9.97 Å². The summed E-state index contributed by atoms with van der Waals surface area (Å²) in [6.07, 6.45) is 7.98. The van der Waals surface area contributed by atoms with E-state index in [0.29, 0.717) is 24.5 Å². The van der Waals surface area contributed by atoms with Gasteiger partial charge in [-0.2, -0.15) is 0 Å². The maximum Gasteiger partial charge on any atom is 0.255 e. The van der Waals surface area contributed by atoms with Gasteiger partial charge in [-0.05, 0) is 12.5 Å². The molecule has 24 heavy (non-hydrogen) atoms. The van der Waals surface area contributed by atoms with Gasteiger partial charge in [-0.1, -0.05) is 25.1 Å². The SMILES string of the molecule is CCCN(Cc1nccn1C)C(=O)c1ccccc1-c1ncc[nH]1. The lowest BCUT2D eigenvalue weighted by atomic mass is 10.1. The van der Waals surface area contributed by atoms with Gasteiger partial charge in [0.05, 0.1) is 12.1 Å². The Balaban J connectivity index is 1.92. The topological polar surface area (TPSA) is 66.8 Å². The lowest BCUT2D eigenvalue weighted by Crippen LogP contribution is -2.32. The monoisotopic (exact) mass is 323 g/mol. The maximum atomic E-state index is 13.1. The summed E-state index contributed by atoms with van der Waals surface area (Å²) in [5.74, 6) is 1.56. The molecule has 0 saturated carbocycles. The highest BCUT2D eigenvalue weighted by molar-refractivity contribution is 6.00. The molecule has 2 aromatic heterocycles. The number of hydrogen-bond acceptors (Lipinski definition) is 3. The van der Waals surface area contributed by atoms with Gasteiger partial charge in [-0.3, -0.25) is 4.79 Å². The predicted molar refractivity (Wildman–Crippen MR) is 92.3 cm³/mol. The minimum Gasteiger partial charge on any atom is -0.345 e. The second-order valence-corrected chi connectivity index (χ2v) is 5.66. The number of aromatic nitrogens is 4. The fourth-order valence-corrected chi connectivity index (χ4v) is 2.70. The van der Waals surface area contributed by atoms with Crippen molar-refractivity contribution < 1.29 is 4.79 Å². The summed E-state index contributed by atoms with van der Waals surface area (Å²) in [5, 5.41) is 0. The molecule has 1 aromatic carbocycles. The summed E-state index contributed by atoms with van der Waals surface area (Å²) in [5.41, 5.74) is 1.46. The van der Waals surface area contributed by atoms with E-state index in [9.17, 15) is 4.79 Å². The van der Waals surface area contributed by atoms with E-state index in [1.165, 1.54) is 0 Å². The number of benzene rings is 1. The zero-order chi connectivity index (χ0) is 16.9. The van der Waals surface area contributed by atoms with Crippen LogP contribution in [0.4, 0.5) is 0 Å². The smallest absolute Gasteiger partial charge is 0.255 e. The number of carbonyl (C=O) groups is 1. The van der Waals surface area contributed by atoms with Gasteiger partial charge in [-0.15, -0.1) is 0 Å². The Morgan fingerprint density at radius 2 is 2.08 bits per heavy atom. The molecule has 0 unspecified atom stereocenters. The van der Waals surface area contributed by atoms with Gasteiger partial charge < -0.3 is 14.5 Å². The Morgan fingerprint density at radius 1 is 1.25 bits per heavy atom. The van der Waals surface area contributed by atoms with E-state index in [1.54, 1.807) is 18.6 Å². The Hall–Kier alpha value is -2.89. The first-order chi connectivity index (χ1) is 11.7. The average Bonchev–Trinajstić information content (AvgIpc) is 3.26. The quantitative estimate of drug-likeness (QED) is 0.758. The lowest BCUT2D eigenvalue weighted by molar-refractivity contribution is 0.0738. The second-order valence-electron chi connectivity index (χ2n) is 5.66. The number of hydrogen-bond donors (Lipinski definition) is 1. The standard InChI is InChI=1S/C18H21N5O/c1-3-11-23(13-16-19-10-12-22(16)2)18(24)15-7-5-4-6-14(15)17-20-8-9-21-17/h4-10,12H,3,11,13H2,1-2H3,(H,20,21). The zero-order valence-corrected chi connectivity index (χ0v) is 13.9. The summed E-state index contributed by atoms with van der Waals surface area (Å²) < 4.78 is 1.94. The van der Waals surface area contributed by atoms with Crippen LogP contribution >= 0.6 is 0 Å². The summed E-state index contributed by atoms with van der Waals surface area (Å²) in [7, 11) is 1.94. The average molecular weight is 323 g/mol. The van der Waals surface area contributed by atoms with Gasteiger partial charge in [0.1, 0.15) is 11.6 Å². The third-order valence-electron chi connectivity index (χ3n) is 3.94. The molecule has 0 radical (unpaired) electrons. The van der Waals surface area contributed by atoms with E-state index < -0.39 is 0 Å². The normalized spacial score (nSPS) is 10.8. The maximum absolute atomic E-state index is 13.1. The van der Waals surface area contributed by atoms with E-state index in [0.717, 1.165) is 17.8 Å². The molecule has 124 valence electrons. The summed E-state index contributed by atoms with van der Waals surface area (Å²) in [6, 6.07) is 7.56. The van der Waals surface area contributed by atoms with Gasteiger partial charge in [0.2, 0.25) is 0 Å². The van der Waals surface area contributed by atoms with E-state index in [1.807, 2.05) is 47.0 Å². The highest BCUT2D eigenvalue weighted by atomic mass is 16.2. The number of aryl methyl sites for hydroxylation is 1. The molecule has 3 rings (SSSR count). The van der Waals surface area contributed by atoms with Gasteiger partial charge in [0, 0.05) is 43.9 Å². The van der Waals surface area contributed by atoms with E-state index >= 15 is 0 Å². The molecule has 0 atom stereocenters. The lowest BCUT2D eigenvalue weighted by Gasteiger charge is -2.23. The predicted octanol–water partition coefficient (Wildman–Crippen LogP) is 2.86. The molecular formula is C18H21N5O. The van der Waals surface area contributed by atoms with Crippen molar-refractivity contribution in [1.82, 2.24) is 24.4 Å². The molecule has 3 aromatic rings. The van der Waals surface area contributed by atoms with Crippen molar-refractivity contribution in [2.45, 2.75) is 19.9 Å². The van der Waals surface area contributed by atoms with Crippen LogP contribution in [-0.4, -0.2) is 36.9 Å². The van der Waals surface area contributed by atoms with Gasteiger partial charge >= 0.3 is 0 Å². The number of imidazole rings is 2. The van der Waals surface area contributed by atoms with Crippen molar-refractivity contribution in [2.75, 3.05) is 6.54 Å². The minimum atomic E-state index is -0.00755. The van der Waals surface area contributed by atoms with Crippen LogP contribution in [-0.2, 0) is 13.6 Å². The van der Waals surface area contributed by atoms with Crippen molar-refractivity contribution in [3.63, 3.8) is 0 Å². The molecule has 0 aliphatic carbocycles. The van der Waals surface area contributed by atoms with Crippen LogP contribution in [0.1, 0.15) is 29.5 Å². The molecule has 6 nitrogen and oxygen atoms in total. The van der Waals surface area contributed by atoms with Crippen LogP contribution in [0.15, 0.2) is 49.1 Å². The van der Waals surface area contributed by atoms with Crippen LogP contribution in [0, 0.1) is 0 Å². The number of aromatic amines is 1. The molecular weight excluding hydrogens is 302 g/mol. The fraction of sp³-hybridized carbons (Fsp3) is 0.278. The third-order valence-corrected chi connectivity index (χ3v) is 3.94. The molecule has 0 aliphatic heterocycles. The van der Waals surface area contributed by atoms with E-state index in [2.05, 4.69) is 21.9 Å². The first kappa shape index (κ1) is 16.0. The number of H-pyrrole nitrogens is 1. The van der Waals surface area contributed by atoms with E-state index in [4.69, 9.17) is 0 Å². The third kappa shape index (κ3) is 3.22. The van der Waals surface area contributed by atoms with Crippen molar-refractivity contribution >= 4 is 5.91 Å². The Kier molecular flexibility index (Phi) is 4.74. The molecule has 6 heteroatoms. The Bertz CT molecular complexity index is 806. The number of amides is 1. The number of nitrogens with one attached hydrogen (secondary N) is 1. The van der Waals surface area contributed by atoms with Crippen molar-refractivity contribution in [3.05, 3.63) is 60.4 Å². The molecule has 0 bridgehead atoms. The highest BCUT2D eigenvalue weighted by Crippen LogP contribution is 2.22. The van der Waals surface area contributed by atoms with Crippen LogP contribution in [0.25, 0.3) is 11.4 Å². The Morgan fingerprint density at radius 3 is 2.75 bits per heavy atom. The van der Waals surface area contributed by atoms with Crippen molar-refractivity contribution in [2.24, 2.45) is 7.05 Å². The van der Waals surface area contributed by atoms with E-state index in [-0.39, 0.29) is 5.91 Å². The second kappa shape index (κ2) is 7.12. The summed E-state index contributed by atoms with van der Waals surface area (Å²) >= 11 is 0.